The zero-order valence-electron chi connectivity index (χ0n) is 9.53. The fraction of sp³-hybridized carbons (Fsp3) is 0.308. The summed E-state index contributed by atoms with van der Waals surface area (Å²) in [7, 11) is 0. The van der Waals surface area contributed by atoms with Gasteiger partial charge in [-0.15, -0.1) is 0 Å². The van der Waals surface area contributed by atoms with E-state index in [4.69, 9.17) is 0 Å². The molecule has 0 radical (unpaired) electrons. The number of rotatable bonds is 5. The fourth-order valence-electron chi connectivity index (χ4n) is 0.978. The minimum absolute atomic E-state index is 0.297. The van der Waals surface area contributed by atoms with Crippen LogP contribution in [-0.2, 0) is 4.79 Å². The highest BCUT2D eigenvalue weighted by Crippen LogP contribution is 2.12. The lowest BCUT2D eigenvalue weighted by atomic mass is 9.96. The molecule has 0 aliphatic carbocycles. The van der Waals surface area contributed by atoms with Crippen molar-refractivity contribution in [2.75, 3.05) is 0 Å². The summed E-state index contributed by atoms with van der Waals surface area (Å²) in [6.07, 6.45) is 10.2. The first-order valence-corrected chi connectivity index (χ1v) is 4.82. The molecule has 0 aromatic rings. The summed E-state index contributed by atoms with van der Waals surface area (Å²) in [6.45, 7) is 8.30. The Bertz CT molecular complexity index is 312. The van der Waals surface area contributed by atoms with Gasteiger partial charge in [-0.05, 0) is 20.8 Å². The maximum absolute atomic E-state index is 11.7. The molecule has 1 N–H and O–H groups in total. The van der Waals surface area contributed by atoms with E-state index in [9.17, 15) is 9.90 Å². The summed E-state index contributed by atoms with van der Waals surface area (Å²) >= 11 is 0. The third-order valence-corrected chi connectivity index (χ3v) is 1.69. The van der Waals surface area contributed by atoms with Crippen molar-refractivity contribution in [3.8, 4) is 0 Å². The molecule has 0 atom stereocenters. The Balaban J connectivity index is 4.98. The van der Waals surface area contributed by atoms with Gasteiger partial charge in [-0.3, -0.25) is 4.79 Å². The van der Waals surface area contributed by atoms with E-state index in [1.165, 1.54) is 13.8 Å². The fourth-order valence-corrected chi connectivity index (χ4v) is 0.978. The predicted molar refractivity (Wildman–Crippen MR) is 63.5 cm³/mol. The Labute approximate surface area is 91.3 Å². The van der Waals surface area contributed by atoms with Crippen LogP contribution >= 0.6 is 0 Å². The molecule has 2 heteroatoms. The highest BCUT2D eigenvalue weighted by molar-refractivity contribution is 6.03. The summed E-state index contributed by atoms with van der Waals surface area (Å²) in [4.78, 5) is 11.7. The molecule has 0 aromatic carbocycles. The van der Waals surface area contributed by atoms with Crippen LogP contribution in [0.3, 0.4) is 0 Å². The van der Waals surface area contributed by atoms with Crippen molar-refractivity contribution in [3.63, 3.8) is 0 Å². The molecule has 0 fully saturated rings. The molecular weight excluding hydrogens is 188 g/mol. The van der Waals surface area contributed by atoms with Gasteiger partial charge in [-0.2, -0.15) is 0 Å². The highest BCUT2D eigenvalue weighted by atomic mass is 16.3. The third-order valence-electron chi connectivity index (χ3n) is 1.69. The van der Waals surface area contributed by atoms with Crippen LogP contribution in [0, 0.1) is 0 Å². The van der Waals surface area contributed by atoms with Crippen LogP contribution in [-0.4, -0.2) is 16.5 Å². The molecule has 2 nitrogen and oxygen atoms in total. The number of hydrogen-bond donors (Lipinski definition) is 1. The van der Waals surface area contributed by atoms with Gasteiger partial charge < -0.3 is 5.11 Å². The van der Waals surface area contributed by atoms with Crippen molar-refractivity contribution < 1.29 is 9.90 Å². The maximum Gasteiger partial charge on any atom is 0.193 e. The predicted octanol–water partition coefficient (Wildman–Crippen LogP) is 2.57. The van der Waals surface area contributed by atoms with E-state index in [0.29, 0.717) is 5.57 Å². The van der Waals surface area contributed by atoms with Gasteiger partial charge in [-0.1, -0.05) is 43.0 Å². The Morgan fingerprint density at radius 2 is 1.93 bits per heavy atom. The van der Waals surface area contributed by atoms with Crippen LogP contribution in [0.1, 0.15) is 20.8 Å². The minimum Gasteiger partial charge on any atom is -0.382 e. The molecule has 0 saturated heterocycles. The number of aliphatic hydroxyl groups is 1. The van der Waals surface area contributed by atoms with Gasteiger partial charge in [0, 0.05) is 5.57 Å². The van der Waals surface area contributed by atoms with Crippen LogP contribution in [0.5, 0.6) is 0 Å². The average Bonchev–Trinajstić information content (AvgIpc) is 2.14. The molecule has 0 saturated carbocycles. The third kappa shape index (κ3) is 5.13. The summed E-state index contributed by atoms with van der Waals surface area (Å²) < 4.78 is 0. The molecule has 0 aromatic heterocycles. The normalized spacial score (nSPS) is 13.7. The number of hydrogen-bond acceptors (Lipinski definition) is 2. The largest absolute Gasteiger partial charge is 0.382 e. The molecule has 15 heavy (non-hydrogen) atoms. The van der Waals surface area contributed by atoms with Crippen LogP contribution in [0.4, 0.5) is 0 Å². The number of carbonyl (C=O) groups is 1. The minimum atomic E-state index is -1.34. The lowest BCUT2D eigenvalue weighted by Crippen LogP contribution is -2.31. The monoisotopic (exact) mass is 206 g/mol. The maximum atomic E-state index is 11.7. The van der Waals surface area contributed by atoms with E-state index in [2.05, 4.69) is 6.58 Å². The standard InChI is InChI=1S/C13H18O2/c1-5-7-8-10-11(9-6-2)12(14)13(3,4)15/h5-10,15H,1H2,2-4H3/b8-7+,9-6-,11-10+. The molecule has 82 valence electrons. The average molecular weight is 206 g/mol. The van der Waals surface area contributed by atoms with Gasteiger partial charge in [0.25, 0.3) is 0 Å². The van der Waals surface area contributed by atoms with Gasteiger partial charge in [0.1, 0.15) is 5.60 Å². The zero-order valence-corrected chi connectivity index (χ0v) is 9.53. The van der Waals surface area contributed by atoms with Gasteiger partial charge in [-0.25, -0.2) is 0 Å². The molecular formula is C13H18O2. The van der Waals surface area contributed by atoms with E-state index >= 15 is 0 Å². The van der Waals surface area contributed by atoms with Gasteiger partial charge in [0.2, 0.25) is 0 Å². The first-order valence-electron chi connectivity index (χ1n) is 4.82. The number of Topliss-reactive ketones (excluding diaryl/α,β-unsaturated/α-hetero) is 1. The summed E-state index contributed by atoms with van der Waals surface area (Å²) in [5, 5.41) is 9.57. The van der Waals surface area contributed by atoms with Gasteiger partial charge in [0.15, 0.2) is 5.78 Å². The molecule has 0 spiro atoms. The van der Waals surface area contributed by atoms with Crippen molar-refractivity contribution in [1.29, 1.82) is 0 Å². The van der Waals surface area contributed by atoms with E-state index in [-0.39, 0.29) is 5.78 Å². The second-order valence-corrected chi connectivity index (χ2v) is 3.63. The summed E-state index contributed by atoms with van der Waals surface area (Å²) in [5.41, 5.74) is -0.865. The molecule has 0 aliphatic heterocycles. The first-order chi connectivity index (χ1) is 6.93. The summed E-state index contributed by atoms with van der Waals surface area (Å²) in [6, 6.07) is 0. The first kappa shape index (κ1) is 13.6. The van der Waals surface area contributed by atoms with Gasteiger partial charge >= 0.3 is 0 Å². The van der Waals surface area contributed by atoms with E-state index in [1.54, 1.807) is 36.5 Å². The number of carbonyl (C=O) groups excluding carboxylic acids is 1. The van der Waals surface area contributed by atoms with Crippen molar-refractivity contribution in [2.24, 2.45) is 0 Å². The smallest absolute Gasteiger partial charge is 0.193 e. The number of allylic oxidation sites excluding steroid dienone is 6. The van der Waals surface area contributed by atoms with Crippen molar-refractivity contribution in [1.82, 2.24) is 0 Å². The second kappa shape index (κ2) is 6.14. The topological polar surface area (TPSA) is 37.3 Å². The van der Waals surface area contributed by atoms with Crippen molar-refractivity contribution >= 4 is 5.78 Å². The highest BCUT2D eigenvalue weighted by Gasteiger charge is 2.25. The second-order valence-electron chi connectivity index (χ2n) is 3.63. The SMILES string of the molecule is C=C/C=C/C=C(\C=C/C)C(=O)C(C)(C)O. The van der Waals surface area contributed by atoms with E-state index in [1.807, 2.05) is 6.92 Å². The molecule has 0 heterocycles. The Morgan fingerprint density at radius 1 is 1.33 bits per heavy atom. The lowest BCUT2D eigenvalue weighted by molar-refractivity contribution is -0.129. The molecule has 0 bridgehead atoms. The molecule has 0 rings (SSSR count). The van der Waals surface area contributed by atoms with E-state index < -0.39 is 5.60 Å². The molecule has 0 amide bonds. The van der Waals surface area contributed by atoms with Crippen LogP contribution < -0.4 is 0 Å². The Hall–Kier alpha value is -1.41. The quantitative estimate of drug-likeness (QED) is 0.554. The van der Waals surface area contributed by atoms with Gasteiger partial charge in [0.05, 0.1) is 0 Å². The van der Waals surface area contributed by atoms with E-state index in [0.717, 1.165) is 0 Å². The van der Waals surface area contributed by atoms with Crippen molar-refractivity contribution in [2.45, 2.75) is 26.4 Å². The lowest BCUT2D eigenvalue weighted by Gasteiger charge is -2.15. The van der Waals surface area contributed by atoms with Crippen LogP contribution in [0.25, 0.3) is 0 Å². The number of ketones is 1. The zero-order chi connectivity index (χ0) is 11.9. The molecule has 0 aliphatic rings. The molecule has 0 unspecified atom stereocenters. The Morgan fingerprint density at radius 3 is 2.33 bits per heavy atom. The van der Waals surface area contributed by atoms with Crippen LogP contribution in [0.15, 0.2) is 48.6 Å². The summed E-state index contributed by atoms with van der Waals surface area (Å²) in [5.74, 6) is -0.297. The van der Waals surface area contributed by atoms with Crippen LogP contribution in [0.2, 0.25) is 0 Å². The van der Waals surface area contributed by atoms with Crippen molar-refractivity contribution in [3.05, 3.63) is 48.6 Å². The Kier molecular flexibility index (Phi) is 5.57.